The molecule has 1 rings (SSSR count). The van der Waals surface area contributed by atoms with Gasteiger partial charge in [-0.2, -0.15) is 0 Å². The molecule has 0 spiro atoms. The number of rotatable bonds is 5. The fourth-order valence-electron chi connectivity index (χ4n) is 1.46. The molecule has 0 aliphatic heterocycles. The van der Waals surface area contributed by atoms with Gasteiger partial charge in [-0.1, -0.05) is 0 Å². The SMILES string of the molecule is COc1cc(O)c(C(=O)O)cc1CCCN. The van der Waals surface area contributed by atoms with Crippen molar-refractivity contribution < 1.29 is 19.7 Å². The Labute approximate surface area is 93.5 Å². The van der Waals surface area contributed by atoms with Crippen molar-refractivity contribution in [2.45, 2.75) is 12.8 Å². The van der Waals surface area contributed by atoms with Crippen molar-refractivity contribution in [3.8, 4) is 11.5 Å². The van der Waals surface area contributed by atoms with Gasteiger partial charge in [-0.15, -0.1) is 0 Å². The molecule has 88 valence electrons. The number of aryl methyl sites for hydroxylation is 1. The van der Waals surface area contributed by atoms with E-state index in [1.54, 1.807) is 0 Å². The molecule has 4 N–H and O–H groups in total. The number of carbonyl (C=O) groups is 1. The highest BCUT2D eigenvalue weighted by Crippen LogP contribution is 2.29. The predicted octanol–water partition coefficient (Wildman–Crippen LogP) is 0.990. The maximum absolute atomic E-state index is 10.8. The molecule has 0 unspecified atom stereocenters. The largest absolute Gasteiger partial charge is 0.507 e. The van der Waals surface area contributed by atoms with Crippen LogP contribution in [0.15, 0.2) is 12.1 Å². The summed E-state index contributed by atoms with van der Waals surface area (Å²) in [6.45, 7) is 0.520. The van der Waals surface area contributed by atoms with E-state index in [4.69, 9.17) is 15.6 Å². The van der Waals surface area contributed by atoms with Crippen molar-refractivity contribution in [3.63, 3.8) is 0 Å². The number of hydrogen-bond donors (Lipinski definition) is 3. The lowest BCUT2D eigenvalue weighted by molar-refractivity contribution is 0.0693. The van der Waals surface area contributed by atoms with Crippen LogP contribution < -0.4 is 10.5 Å². The lowest BCUT2D eigenvalue weighted by atomic mass is 10.0. The Morgan fingerprint density at radius 3 is 2.69 bits per heavy atom. The van der Waals surface area contributed by atoms with Gasteiger partial charge >= 0.3 is 5.97 Å². The van der Waals surface area contributed by atoms with E-state index in [-0.39, 0.29) is 11.3 Å². The summed E-state index contributed by atoms with van der Waals surface area (Å²) in [4.78, 5) is 10.8. The van der Waals surface area contributed by atoms with Crippen LogP contribution in [0.25, 0.3) is 0 Å². The van der Waals surface area contributed by atoms with Crippen LogP contribution in [0.5, 0.6) is 11.5 Å². The average Bonchev–Trinajstić information content (AvgIpc) is 2.26. The minimum Gasteiger partial charge on any atom is -0.507 e. The van der Waals surface area contributed by atoms with Crippen molar-refractivity contribution in [3.05, 3.63) is 23.3 Å². The summed E-state index contributed by atoms with van der Waals surface area (Å²) >= 11 is 0. The van der Waals surface area contributed by atoms with Crippen molar-refractivity contribution in [1.29, 1.82) is 0 Å². The molecule has 0 amide bonds. The van der Waals surface area contributed by atoms with E-state index in [1.807, 2.05) is 0 Å². The van der Waals surface area contributed by atoms with Gasteiger partial charge in [-0.05, 0) is 31.0 Å². The molecule has 0 atom stereocenters. The van der Waals surface area contributed by atoms with Crippen LogP contribution in [0, 0.1) is 0 Å². The maximum Gasteiger partial charge on any atom is 0.339 e. The molecule has 0 saturated carbocycles. The number of ether oxygens (including phenoxy) is 1. The molecule has 0 bridgehead atoms. The summed E-state index contributed by atoms with van der Waals surface area (Å²) in [5, 5.41) is 18.3. The molecule has 5 nitrogen and oxygen atoms in total. The topological polar surface area (TPSA) is 92.8 Å². The van der Waals surface area contributed by atoms with Gasteiger partial charge in [-0.3, -0.25) is 0 Å². The van der Waals surface area contributed by atoms with Gasteiger partial charge in [-0.25, -0.2) is 4.79 Å². The van der Waals surface area contributed by atoms with Gasteiger partial charge in [0.05, 0.1) is 7.11 Å². The Morgan fingerprint density at radius 2 is 2.19 bits per heavy atom. The number of phenols is 1. The molecule has 0 heterocycles. The Balaban J connectivity index is 3.12. The van der Waals surface area contributed by atoms with Crippen molar-refractivity contribution in [1.82, 2.24) is 0 Å². The first kappa shape index (κ1) is 12.3. The summed E-state index contributed by atoms with van der Waals surface area (Å²) in [6, 6.07) is 2.74. The molecular formula is C11H15NO4. The summed E-state index contributed by atoms with van der Waals surface area (Å²) in [5.74, 6) is -0.967. The van der Waals surface area contributed by atoms with Crippen molar-refractivity contribution in [2.24, 2.45) is 5.73 Å². The Morgan fingerprint density at radius 1 is 1.50 bits per heavy atom. The normalized spacial score (nSPS) is 10.1. The van der Waals surface area contributed by atoms with E-state index in [0.29, 0.717) is 18.7 Å². The highest BCUT2D eigenvalue weighted by Gasteiger charge is 2.14. The van der Waals surface area contributed by atoms with Crippen LogP contribution in [0.2, 0.25) is 0 Å². The predicted molar refractivity (Wildman–Crippen MR) is 59.0 cm³/mol. The van der Waals surface area contributed by atoms with Gasteiger partial charge in [0.25, 0.3) is 0 Å². The molecule has 16 heavy (non-hydrogen) atoms. The van der Waals surface area contributed by atoms with Crippen LogP contribution in [0.1, 0.15) is 22.3 Å². The van der Waals surface area contributed by atoms with Crippen molar-refractivity contribution in [2.75, 3.05) is 13.7 Å². The standard InChI is InChI=1S/C11H15NO4/c1-16-10-6-9(13)8(11(14)15)5-7(10)3-2-4-12/h5-6,13H,2-4,12H2,1H3,(H,14,15). The van der Waals surface area contributed by atoms with Gasteiger partial charge < -0.3 is 20.7 Å². The van der Waals surface area contributed by atoms with E-state index in [1.165, 1.54) is 19.2 Å². The van der Waals surface area contributed by atoms with Gasteiger partial charge in [0.15, 0.2) is 0 Å². The third-order valence-electron chi connectivity index (χ3n) is 2.28. The van der Waals surface area contributed by atoms with E-state index < -0.39 is 5.97 Å². The smallest absolute Gasteiger partial charge is 0.339 e. The lowest BCUT2D eigenvalue weighted by Gasteiger charge is -2.10. The number of carboxylic acids is 1. The molecule has 0 fully saturated rings. The molecule has 5 heteroatoms. The van der Waals surface area contributed by atoms with E-state index in [2.05, 4.69) is 0 Å². The first-order valence-corrected chi connectivity index (χ1v) is 4.93. The number of benzene rings is 1. The zero-order valence-electron chi connectivity index (χ0n) is 9.06. The quantitative estimate of drug-likeness (QED) is 0.694. The summed E-state index contributed by atoms with van der Waals surface area (Å²) in [6.07, 6.45) is 1.36. The summed E-state index contributed by atoms with van der Waals surface area (Å²) in [7, 11) is 1.47. The molecule has 0 aliphatic rings. The second-order valence-electron chi connectivity index (χ2n) is 3.38. The fraction of sp³-hybridized carbons (Fsp3) is 0.364. The van der Waals surface area contributed by atoms with Crippen LogP contribution in [-0.2, 0) is 6.42 Å². The number of aromatic carboxylic acids is 1. The lowest BCUT2D eigenvalue weighted by Crippen LogP contribution is -2.04. The molecule has 0 aromatic heterocycles. The summed E-state index contributed by atoms with van der Waals surface area (Å²) < 4.78 is 5.06. The number of nitrogens with two attached hydrogens (primary N) is 1. The van der Waals surface area contributed by atoms with Crippen LogP contribution in [0.3, 0.4) is 0 Å². The minimum absolute atomic E-state index is 0.118. The molecule has 1 aromatic carbocycles. The first-order valence-electron chi connectivity index (χ1n) is 4.93. The molecule has 0 saturated heterocycles. The Hall–Kier alpha value is -1.75. The third-order valence-corrected chi connectivity index (χ3v) is 2.28. The second kappa shape index (κ2) is 5.37. The van der Waals surface area contributed by atoms with Crippen molar-refractivity contribution >= 4 is 5.97 Å². The van der Waals surface area contributed by atoms with Gasteiger partial charge in [0.2, 0.25) is 0 Å². The van der Waals surface area contributed by atoms with E-state index in [0.717, 1.165) is 12.0 Å². The summed E-state index contributed by atoms with van der Waals surface area (Å²) in [5.41, 5.74) is 6.01. The number of aromatic hydroxyl groups is 1. The number of methoxy groups -OCH3 is 1. The molecule has 0 aliphatic carbocycles. The molecule has 0 radical (unpaired) electrons. The molecule has 1 aromatic rings. The zero-order chi connectivity index (χ0) is 12.1. The Bertz CT molecular complexity index is 390. The van der Waals surface area contributed by atoms with Gasteiger partial charge in [0.1, 0.15) is 17.1 Å². The zero-order valence-corrected chi connectivity index (χ0v) is 9.06. The second-order valence-corrected chi connectivity index (χ2v) is 3.38. The van der Waals surface area contributed by atoms with Crippen LogP contribution in [-0.4, -0.2) is 29.8 Å². The average molecular weight is 225 g/mol. The number of carboxylic acid groups (broad SMARTS) is 1. The Kier molecular flexibility index (Phi) is 4.13. The van der Waals surface area contributed by atoms with E-state index >= 15 is 0 Å². The monoisotopic (exact) mass is 225 g/mol. The van der Waals surface area contributed by atoms with Crippen LogP contribution >= 0.6 is 0 Å². The van der Waals surface area contributed by atoms with Crippen LogP contribution in [0.4, 0.5) is 0 Å². The molecular weight excluding hydrogens is 210 g/mol. The maximum atomic E-state index is 10.8. The van der Waals surface area contributed by atoms with Gasteiger partial charge in [0, 0.05) is 6.07 Å². The number of hydrogen-bond acceptors (Lipinski definition) is 4. The third kappa shape index (κ3) is 2.64. The highest BCUT2D eigenvalue weighted by atomic mass is 16.5. The minimum atomic E-state index is -1.16. The first-order chi connectivity index (χ1) is 7.60. The fourth-order valence-corrected chi connectivity index (χ4v) is 1.46. The van der Waals surface area contributed by atoms with E-state index in [9.17, 15) is 9.90 Å². The highest BCUT2D eigenvalue weighted by molar-refractivity contribution is 5.91.